The van der Waals surface area contributed by atoms with E-state index in [1.807, 2.05) is 26.8 Å². The standard InChI is InChI=1S/C19H23NO3S/c1-4-5-14-19(21)20(18-13-9-10-15(2)16(18)3)24(22,23)17-11-7-6-8-12-17/h6-13H,4-5,14H2,1-3H3. The third kappa shape index (κ3) is 3.67. The molecule has 0 aliphatic rings. The van der Waals surface area contributed by atoms with Crippen LogP contribution >= 0.6 is 0 Å². The molecular formula is C19H23NO3S. The summed E-state index contributed by atoms with van der Waals surface area (Å²) in [6.45, 7) is 5.72. The number of carbonyl (C=O) groups excluding carboxylic acids is 1. The van der Waals surface area contributed by atoms with Gasteiger partial charge >= 0.3 is 0 Å². The van der Waals surface area contributed by atoms with Crippen LogP contribution in [0.5, 0.6) is 0 Å². The van der Waals surface area contributed by atoms with Gasteiger partial charge in [-0.3, -0.25) is 4.79 Å². The van der Waals surface area contributed by atoms with Crippen molar-refractivity contribution in [2.75, 3.05) is 4.31 Å². The summed E-state index contributed by atoms with van der Waals surface area (Å²) in [5, 5.41) is 0. The molecule has 4 nitrogen and oxygen atoms in total. The van der Waals surface area contributed by atoms with E-state index in [4.69, 9.17) is 0 Å². The van der Waals surface area contributed by atoms with Gasteiger partial charge < -0.3 is 0 Å². The monoisotopic (exact) mass is 345 g/mol. The van der Waals surface area contributed by atoms with E-state index >= 15 is 0 Å². The molecule has 0 aromatic heterocycles. The number of carbonyl (C=O) groups is 1. The van der Waals surface area contributed by atoms with Crippen molar-refractivity contribution < 1.29 is 13.2 Å². The van der Waals surface area contributed by atoms with Gasteiger partial charge in [-0.1, -0.05) is 43.7 Å². The molecular weight excluding hydrogens is 322 g/mol. The number of anilines is 1. The number of aryl methyl sites for hydroxylation is 1. The summed E-state index contributed by atoms with van der Waals surface area (Å²) in [6.07, 6.45) is 1.69. The maximum Gasteiger partial charge on any atom is 0.270 e. The summed E-state index contributed by atoms with van der Waals surface area (Å²) in [5.41, 5.74) is 2.17. The summed E-state index contributed by atoms with van der Waals surface area (Å²) in [6, 6.07) is 13.5. The third-order valence-corrected chi connectivity index (χ3v) is 5.80. The third-order valence-electron chi connectivity index (χ3n) is 4.05. The highest BCUT2D eigenvalue weighted by Crippen LogP contribution is 2.29. The molecule has 24 heavy (non-hydrogen) atoms. The Kier molecular flexibility index (Phi) is 5.78. The van der Waals surface area contributed by atoms with Crippen LogP contribution in [0.1, 0.15) is 37.3 Å². The summed E-state index contributed by atoms with van der Waals surface area (Å²) in [5.74, 6) is -0.394. The fourth-order valence-electron chi connectivity index (χ4n) is 2.48. The lowest BCUT2D eigenvalue weighted by molar-refractivity contribution is -0.117. The molecule has 0 bridgehead atoms. The maximum atomic E-state index is 13.1. The van der Waals surface area contributed by atoms with Crippen molar-refractivity contribution in [1.82, 2.24) is 0 Å². The number of nitrogens with zero attached hydrogens (tertiary/aromatic N) is 1. The van der Waals surface area contributed by atoms with Gasteiger partial charge in [-0.05, 0) is 49.6 Å². The molecule has 0 unspecified atom stereocenters. The zero-order chi connectivity index (χ0) is 17.7. The molecule has 0 N–H and O–H groups in total. The van der Waals surface area contributed by atoms with Gasteiger partial charge in [-0.15, -0.1) is 0 Å². The number of amides is 1. The molecule has 0 fully saturated rings. The number of unbranched alkanes of at least 4 members (excludes halogenated alkanes) is 1. The molecule has 128 valence electrons. The predicted octanol–water partition coefficient (Wildman–Crippen LogP) is 4.22. The van der Waals surface area contributed by atoms with E-state index in [9.17, 15) is 13.2 Å². The summed E-state index contributed by atoms with van der Waals surface area (Å²) in [7, 11) is -3.94. The van der Waals surface area contributed by atoms with Crippen molar-refractivity contribution >= 4 is 21.6 Å². The molecule has 0 atom stereocenters. The summed E-state index contributed by atoms with van der Waals surface area (Å²) >= 11 is 0. The highest BCUT2D eigenvalue weighted by atomic mass is 32.2. The van der Waals surface area contributed by atoms with Crippen LogP contribution in [0.4, 0.5) is 5.69 Å². The molecule has 1 amide bonds. The number of hydrogen-bond donors (Lipinski definition) is 0. The second kappa shape index (κ2) is 7.62. The first-order valence-corrected chi connectivity index (χ1v) is 9.53. The van der Waals surface area contributed by atoms with Crippen LogP contribution in [-0.2, 0) is 14.8 Å². The molecule has 0 aliphatic carbocycles. The molecule has 2 aromatic carbocycles. The zero-order valence-electron chi connectivity index (χ0n) is 14.3. The largest absolute Gasteiger partial charge is 0.273 e. The van der Waals surface area contributed by atoms with Crippen LogP contribution in [-0.4, -0.2) is 14.3 Å². The van der Waals surface area contributed by atoms with E-state index in [-0.39, 0.29) is 11.3 Å². The van der Waals surface area contributed by atoms with Crippen molar-refractivity contribution in [3.63, 3.8) is 0 Å². The Morgan fingerprint density at radius 3 is 2.29 bits per heavy atom. The number of sulfonamides is 1. The summed E-state index contributed by atoms with van der Waals surface area (Å²) < 4.78 is 27.2. The molecule has 2 rings (SSSR count). The first-order chi connectivity index (χ1) is 11.4. The quantitative estimate of drug-likeness (QED) is 0.788. The van der Waals surface area contributed by atoms with Gasteiger partial charge in [0.1, 0.15) is 0 Å². The average Bonchev–Trinajstić information content (AvgIpc) is 2.57. The second-order valence-electron chi connectivity index (χ2n) is 5.80. The predicted molar refractivity (Wildman–Crippen MR) is 96.6 cm³/mol. The van der Waals surface area contributed by atoms with Crippen LogP contribution in [0.25, 0.3) is 0 Å². The van der Waals surface area contributed by atoms with Crippen molar-refractivity contribution in [3.05, 3.63) is 59.7 Å². The van der Waals surface area contributed by atoms with E-state index < -0.39 is 15.9 Å². The Hall–Kier alpha value is -2.14. The number of benzene rings is 2. The van der Waals surface area contributed by atoms with Gasteiger partial charge in [0.25, 0.3) is 10.0 Å². The number of hydrogen-bond acceptors (Lipinski definition) is 3. The van der Waals surface area contributed by atoms with E-state index in [0.717, 1.165) is 21.9 Å². The average molecular weight is 345 g/mol. The van der Waals surface area contributed by atoms with Gasteiger partial charge in [0, 0.05) is 6.42 Å². The molecule has 0 radical (unpaired) electrons. The van der Waals surface area contributed by atoms with Crippen molar-refractivity contribution in [1.29, 1.82) is 0 Å². The van der Waals surface area contributed by atoms with E-state index in [2.05, 4.69) is 0 Å². The van der Waals surface area contributed by atoms with Gasteiger partial charge in [0.2, 0.25) is 5.91 Å². The maximum absolute atomic E-state index is 13.1. The first-order valence-electron chi connectivity index (χ1n) is 8.09. The minimum atomic E-state index is -3.94. The molecule has 0 aliphatic heterocycles. The summed E-state index contributed by atoms with van der Waals surface area (Å²) in [4.78, 5) is 12.9. The Labute approximate surface area is 144 Å². The Morgan fingerprint density at radius 2 is 1.67 bits per heavy atom. The highest BCUT2D eigenvalue weighted by molar-refractivity contribution is 7.93. The smallest absolute Gasteiger partial charge is 0.270 e. The van der Waals surface area contributed by atoms with Crippen LogP contribution in [0.3, 0.4) is 0 Å². The molecule has 0 saturated heterocycles. The lowest BCUT2D eigenvalue weighted by atomic mass is 10.1. The molecule has 2 aromatic rings. The van der Waals surface area contributed by atoms with Gasteiger partial charge in [0.15, 0.2) is 0 Å². The van der Waals surface area contributed by atoms with Crippen molar-refractivity contribution in [3.8, 4) is 0 Å². The van der Waals surface area contributed by atoms with E-state index in [0.29, 0.717) is 12.1 Å². The Morgan fingerprint density at radius 1 is 1.00 bits per heavy atom. The van der Waals surface area contributed by atoms with E-state index in [1.165, 1.54) is 12.1 Å². The Balaban J connectivity index is 2.59. The Bertz CT molecular complexity index is 814. The van der Waals surface area contributed by atoms with Crippen LogP contribution < -0.4 is 4.31 Å². The second-order valence-corrected chi connectivity index (χ2v) is 7.59. The van der Waals surface area contributed by atoms with E-state index in [1.54, 1.807) is 30.3 Å². The van der Waals surface area contributed by atoms with Crippen molar-refractivity contribution in [2.45, 2.75) is 44.9 Å². The lowest BCUT2D eigenvalue weighted by Crippen LogP contribution is -2.37. The van der Waals surface area contributed by atoms with Crippen LogP contribution in [0.15, 0.2) is 53.4 Å². The van der Waals surface area contributed by atoms with Crippen LogP contribution in [0.2, 0.25) is 0 Å². The normalized spacial score (nSPS) is 11.3. The molecule has 5 heteroatoms. The topological polar surface area (TPSA) is 54.5 Å². The first kappa shape index (κ1) is 18.2. The minimum absolute atomic E-state index is 0.121. The van der Waals surface area contributed by atoms with Gasteiger partial charge in [0.05, 0.1) is 10.6 Å². The number of rotatable bonds is 6. The lowest BCUT2D eigenvalue weighted by Gasteiger charge is -2.25. The molecule has 0 saturated carbocycles. The van der Waals surface area contributed by atoms with Gasteiger partial charge in [-0.25, -0.2) is 12.7 Å². The zero-order valence-corrected chi connectivity index (χ0v) is 15.1. The fraction of sp³-hybridized carbons (Fsp3) is 0.316. The minimum Gasteiger partial charge on any atom is -0.273 e. The van der Waals surface area contributed by atoms with Crippen molar-refractivity contribution in [2.24, 2.45) is 0 Å². The fourth-order valence-corrected chi connectivity index (χ4v) is 4.01. The van der Waals surface area contributed by atoms with Gasteiger partial charge in [-0.2, -0.15) is 0 Å². The molecule has 0 spiro atoms. The molecule has 0 heterocycles. The van der Waals surface area contributed by atoms with Crippen LogP contribution in [0, 0.1) is 13.8 Å². The highest BCUT2D eigenvalue weighted by Gasteiger charge is 2.31. The SMILES string of the molecule is CCCCC(=O)N(c1cccc(C)c1C)S(=O)(=O)c1ccccc1.